The summed E-state index contributed by atoms with van der Waals surface area (Å²) in [6.07, 6.45) is 9.05. The molecular formula is C16H31NO. The minimum absolute atomic E-state index is 0.354. The Hall–Kier alpha value is -0.370. The minimum atomic E-state index is 0.354. The Morgan fingerprint density at radius 2 is 1.72 bits per heavy atom. The zero-order valence-electron chi connectivity index (χ0n) is 12.6. The highest BCUT2D eigenvalue weighted by atomic mass is 16.1. The van der Waals surface area contributed by atoms with Gasteiger partial charge in [-0.1, -0.05) is 39.5 Å². The minimum Gasteiger partial charge on any atom is -0.303 e. The summed E-state index contributed by atoms with van der Waals surface area (Å²) in [4.78, 5) is 13.8. The van der Waals surface area contributed by atoms with Gasteiger partial charge in [0.05, 0.1) is 0 Å². The maximum Gasteiger partial charge on any atom is 0.133 e. The van der Waals surface area contributed by atoms with Crippen molar-refractivity contribution in [3.63, 3.8) is 0 Å². The lowest BCUT2D eigenvalue weighted by atomic mass is 9.93. The third-order valence-electron chi connectivity index (χ3n) is 4.17. The Labute approximate surface area is 113 Å². The van der Waals surface area contributed by atoms with Crippen molar-refractivity contribution < 1.29 is 4.79 Å². The van der Waals surface area contributed by atoms with Crippen molar-refractivity contribution >= 4 is 5.78 Å². The van der Waals surface area contributed by atoms with Crippen molar-refractivity contribution in [1.82, 2.24) is 4.90 Å². The molecule has 0 atom stereocenters. The van der Waals surface area contributed by atoms with Crippen LogP contribution in [-0.4, -0.2) is 30.3 Å². The second-order valence-electron chi connectivity index (χ2n) is 6.32. The van der Waals surface area contributed by atoms with Crippen LogP contribution in [0.2, 0.25) is 0 Å². The quantitative estimate of drug-likeness (QED) is 0.612. The smallest absolute Gasteiger partial charge is 0.133 e. The van der Waals surface area contributed by atoms with E-state index >= 15 is 0 Å². The van der Waals surface area contributed by atoms with Crippen LogP contribution in [0.4, 0.5) is 0 Å². The topological polar surface area (TPSA) is 20.3 Å². The highest BCUT2D eigenvalue weighted by Gasteiger charge is 2.21. The van der Waals surface area contributed by atoms with Crippen LogP contribution in [0.5, 0.6) is 0 Å². The second-order valence-corrected chi connectivity index (χ2v) is 6.32. The largest absolute Gasteiger partial charge is 0.303 e. The maximum atomic E-state index is 11.3. The molecule has 0 amide bonds. The average molecular weight is 253 g/mol. The Morgan fingerprint density at radius 1 is 1.11 bits per heavy atom. The SMILES string of the molecule is CC(=O)C1CCN(CCCCCCC(C)C)CC1. The fourth-order valence-corrected chi connectivity index (χ4v) is 2.80. The summed E-state index contributed by atoms with van der Waals surface area (Å²) in [7, 11) is 0. The molecular weight excluding hydrogens is 222 g/mol. The highest BCUT2D eigenvalue weighted by Crippen LogP contribution is 2.18. The predicted octanol–water partition coefficient (Wildman–Crippen LogP) is 3.89. The molecule has 2 nitrogen and oxygen atoms in total. The molecule has 1 fully saturated rings. The summed E-state index contributed by atoms with van der Waals surface area (Å²) in [5.74, 6) is 1.60. The number of rotatable bonds is 8. The number of Topliss-reactive ketones (excluding diaryl/α,β-unsaturated/α-hetero) is 1. The van der Waals surface area contributed by atoms with Gasteiger partial charge >= 0.3 is 0 Å². The molecule has 1 saturated heterocycles. The van der Waals surface area contributed by atoms with Crippen LogP contribution in [0.3, 0.4) is 0 Å². The molecule has 106 valence electrons. The monoisotopic (exact) mass is 253 g/mol. The van der Waals surface area contributed by atoms with Crippen molar-refractivity contribution in [3.8, 4) is 0 Å². The Balaban J connectivity index is 1.96. The molecule has 0 spiro atoms. The van der Waals surface area contributed by atoms with Crippen molar-refractivity contribution in [1.29, 1.82) is 0 Å². The Bertz CT molecular complexity index is 229. The lowest BCUT2D eigenvalue weighted by molar-refractivity contribution is -0.122. The zero-order chi connectivity index (χ0) is 13.4. The third kappa shape index (κ3) is 6.53. The first-order valence-electron chi connectivity index (χ1n) is 7.82. The predicted molar refractivity (Wildman–Crippen MR) is 77.8 cm³/mol. The first-order valence-corrected chi connectivity index (χ1v) is 7.82. The van der Waals surface area contributed by atoms with Gasteiger partial charge in [0.1, 0.15) is 5.78 Å². The molecule has 0 aromatic rings. The van der Waals surface area contributed by atoms with Crippen molar-refractivity contribution in [2.24, 2.45) is 11.8 Å². The molecule has 0 bridgehead atoms. The number of ketones is 1. The van der Waals surface area contributed by atoms with E-state index in [1.54, 1.807) is 6.92 Å². The molecule has 0 radical (unpaired) electrons. The van der Waals surface area contributed by atoms with Crippen LogP contribution in [0, 0.1) is 11.8 Å². The lowest BCUT2D eigenvalue weighted by Gasteiger charge is -2.30. The summed E-state index contributed by atoms with van der Waals surface area (Å²) in [6, 6.07) is 0. The average Bonchev–Trinajstić information content (AvgIpc) is 2.34. The number of carbonyl (C=O) groups is 1. The van der Waals surface area contributed by atoms with Crippen LogP contribution in [0.15, 0.2) is 0 Å². The van der Waals surface area contributed by atoms with Gasteiger partial charge in [0.25, 0.3) is 0 Å². The molecule has 0 aromatic carbocycles. The van der Waals surface area contributed by atoms with E-state index in [2.05, 4.69) is 18.7 Å². The molecule has 1 rings (SSSR count). The zero-order valence-corrected chi connectivity index (χ0v) is 12.6. The third-order valence-corrected chi connectivity index (χ3v) is 4.17. The summed E-state index contributed by atoms with van der Waals surface area (Å²) in [6.45, 7) is 9.87. The van der Waals surface area contributed by atoms with Gasteiger partial charge in [0.2, 0.25) is 0 Å². The number of likely N-dealkylation sites (tertiary alicyclic amines) is 1. The van der Waals surface area contributed by atoms with E-state index in [-0.39, 0.29) is 0 Å². The van der Waals surface area contributed by atoms with Crippen LogP contribution in [0.25, 0.3) is 0 Å². The molecule has 0 aromatic heterocycles. The van der Waals surface area contributed by atoms with E-state index < -0.39 is 0 Å². The molecule has 2 heteroatoms. The number of piperidine rings is 1. The number of hydrogen-bond donors (Lipinski definition) is 0. The number of carbonyl (C=O) groups excluding carboxylic acids is 1. The van der Waals surface area contributed by atoms with Crippen LogP contribution < -0.4 is 0 Å². The van der Waals surface area contributed by atoms with Gasteiger partial charge < -0.3 is 4.90 Å². The highest BCUT2D eigenvalue weighted by molar-refractivity contribution is 5.78. The molecule has 1 aliphatic rings. The van der Waals surface area contributed by atoms with E-state index in [1.165, 1.54) is 38.6 Å². The van der Waals surface area contributed by atoms with Gasteiger partial charge in [-0.25, -0.2) is 0 Å². The molecule has 0 saturated carbocycles. The van der Waals surface area contributed by atoms with Gasteiger partial charge in [-0.3, -0.25) is 4.79 Å². The number of nitrogens with zero attached hydrogens (tertiary/aromatic N) is 1. The van der Waals surface area contributed by atoms with Gasteiger partial charge in [0.15, 0.2) is 0 Å². The van der Waals surface area contributed by atoms with E-state index in [1.807, 2.05) is 0 Å². The molecule has 1 heterocycles. The number of hydrogen-bond acceptors (Lipinski definition) is 2. The van der Waals surface area contributed by atoms with Gasteiger partial charge in [-0.05, 0) is 51.7 Å². The Morgan fingerprint density at radius 3 is 2.28 bits per heavy atom. The fraction of sp³-hybridized carbons (Fsp3) is 0.938. The molecule has 0 aliphatic carbocycles. The lowest BCUT2D eigenvalue weighted by Crippen LogP contribution is -2.36. The summed E-state index contributed by atoms with van der Waals surface area (Å²) >= 11 is 0. The fourth-order valence-electron chi connectivity index (χ4n) is 2.80. The van der Waals surface area contributed by atoms with Crippen LogP contribution >= 0.6 is 0 Å². The van der Waals surface area contributed by atoms with Gasteiger partial charge in [-0.15, -0.1) is 0 Å². The van der Waals surface area contributed by atoms with Gasteiger partial charge in [0, 0.05) is 5.92 Å². The maximum absolute atomic E-state index is 11.3. The van der Waals surface area contributed by atoms with Crippen molar-refractivity contribution in [2.75, 3.05) is 19.6 Å². The molecule has 0 unspecified atom stereocenters. The summed E-state index contributed by atoms with van der Waals surface area (Å²) in [5.41, 5.74) is 0. The van der Waals surface area contributed by atoms with Crippen molar-refractivity contribution in [2.45, 2.75) is 65.7 Å². The molecule has 18 heavy (non-hydrogen) atoms. The molecule has 0 N–H and O–H groups in total. The van der Waals surface area contributed by atoms with E-state index in [9.17, 15) is 4.79 Å². The first kappa shape index (κ1) is 15.7. The van der Waals surface area contributed by atoms with Crippen LogP contribution in [0.1, 0.15) is 65.7 Å². The first-order chi connectivity index (χ1) is 8.59. The van der Waals surface area contributed by atoms with E-state index in [4.69, 9.17) is 0 Å². The Kier molecular flexibility index (Phi) is 7.57. The number of unbranched alkanes of at least 4 members (excludes halogenated alkanes) is 3. The van der Waals surface area contributed by atoms with Crippen molar-refractivity contribution in [3.05, 3.63) is 0 Å². The standard InChI is InChI=1S/C16H31NO/c1-14(2)8-6-4-5-7-11-17-12-9-16(10-13-17)15(3)18/h14,16H,4-13H2,1-3H3. The summed E-state index contributed by atoms with van der Waals surface area (Å²) in [5, 5.41) is 0. The molecule has 1 aliphatic heterocycles. The van der Waals surface area contributed by atoms with Crippen LogP contribution in [-0.2, 0) is 4.79 Å². The van der Waals surface area contributed by atoms with Gasteiger partial charge in [-0.2, -0.15) is 0 Å². The summed E-state index contributed by atoms with van der Waals surface area (Å²) < 4.78 is 0. The van der Waals surface area contributed by atoms with E-state index in [0.29, 0.717) is 11.7 Å². The van der Waals surface area contributed by atoms with E-state index in [0.717, 1.165) is 31.8 Å². The second kappa shape index (κ2) is 8.68. The normalized spacial score (nSPS) is 18.4.